The highest BCUT2D eigenvalue weighted by molar-refractivity contribution is 6.03. The molecular formula is C27H30N2O10. The Morgan fingerprint density at radius 1 is 0.769 bits per heavy atom. The topological polar surface area (TPSA) is 149 Å². The zero-order valence-electron chi connectivity index (χ0n) is 21.8. The average molecular weight is 543 g/mol. The van der Waals surface area contributed by atoms with Crippen molar-refractivity contribution in [2.75, 3.05) is 26.4 Å². The molecule has 0 N–H and O–H groups in total. The van der Waals surface area contributed by atoms with Crippen LogP contribution in [-0.2, 0) is 51.2 Å². The van der Waals surface area contributed by atoms with Gasteiger partial charge in [0.25, 0.3) is 0 Å². The molecule has 0 saturated heterocycles. The van der Waals surface area contributed by atoms with Crippen LogP contribution in [0.25, 0.3) is 0 Å². The number of hydrogen-bond donors (Lipinski definition) is 0. The van der Waals surface area contributed by atoms with Gasteiger partial charge >= 0.3 is 29.8 Å². The molecule has 0 atom stereocenters. The summed E-state index contributed by atoms with van der Waals surface area (Å²) in [5.74, 6) is -3.18. The van der Waals surface area contributed by atoms with Crippen LogP contribution in [0.2, 0.25) is 0 Å². The van der Waals surface area contributed by atoms with Gasteiger partial charge in [-0.05, 0) is 26.0 Å². The second-order valence-corrected chi connectivity index (χ2v) is 8.16. The van der Waals surface area contributed by atoms with Crippen LogP contribution in [0.5, 0.6) is 0 Å². The summed E-state index contributed by atoms with van der Waals surface area (Å²) in [6.45, 7) is 9.51. The third kappa shape index (κ3) is 10.6. The molecule has 2 aromatic rings. The standard InChI is InChI=1S/C27H30N2O10/c1-18(2)24(31)36-12-11-35-23(30)9-10-29-15-20(28-17-29)16-39-27(34)22-8-6-5-7-21(22)26(33)38-14-13-37-25(32)19(3)4/h5-8,15,17H,1,3,9-14,16H2,2,4H3. The van der Waals surface area contributed by atoms with E-state index in [1.807, 2.05) is 0 Å². The molecule has 1 aromatic heterocycles. The van der Waals surface area contributed by atoms with Crippen LogP contribution in [0.1, 0.15) is 46.7 Å². The normalized spacial score (nSPS) is 10.2. The fourth-order valence-electron chi connectivity index (χ4n) is 2.83. The van der Waals surface area contributed by atoms with Crippen molar-refractivity contribution in [1.29, 1.82) is 0 Å². The van der Waals surface area contributed by atoms with Crippen molar-refractivity contribution in [2.24, 2.45) is 0 Å². The van der Waals surface area contributed by atoms with Crippen molar-refractivity contribution in [3.05, 3.63) is 77.9 Å². The lowest BCUT2D eigenvalue weighted by atomic mass is 10.1. The van der Waals surface area contributed by atoms with E-state index in [9.17, 15) is 24.0 Å². The van der Waals surface area contributed by atoms with Crippen LogP contribution in [0.3, 0.4) is 0 Å². The van der Waals surface area contributed by atoms with Crippen molar-refractivity contribution in [3.8, 4) is 0 Å². The van der Waals surface area contributed by atoms with E-state index in [1.54, 1.807) is 22.9 Å². The van der Waals surface area contributed by atoms with E-state index >= 15 is 0 Å². The van der Waals surface area contributed by atoms with Gasteiger partial charge in [0.05, 0.1) is 29.6 Å². The molecule has 0 amide bonds. The SMILES string of the molecule is C=C(C)C(=O)OCCOC(=O)CCn1cnc(COC(=O)c2ccccc2C(=O)OCCOC(=O)C(=C)C)c1. The highest BCUT2D eigenvalue weighted by Crippen LogP contribution is 2.13. The lowest BCUT2D eigenvalue weighted by Crippen LogP contribution is -2.17. The van der Waals surface area contributed by atoms with Crippen LogP contribution < -0.4 is 0 Å². The Morgan fingerprint density at radius 3 is 1.85 bits per heavy atom. The van der Waals surface area contributed by atoms with Crippen molar-refractivity contribution in [2.45, 2.75) is 33.4 Å². The van der Waals surface area contributed by atoms with Crippen molar-refractivity contribution < 1.29 is 47.7 Å². The van der Waals surface area contributed by atoms with E-state index in [1.165, 1.54) is 32.3 Å². The quantitative estimate of drug-likeness (QED) is 0.141. The van der Waals surface area contributed by atoms with Crippen molar-refractivity contribution in [3.63, 3.8) is 0 Å². The Kier molecular flexibility index (Phi) is 12.1. The Labute approximate surface area is 225 Å². The summed E-state index contributed by atoms with van der Waals surface area (Å²) >= 11 is 0. The van der Waals surface area contributed by atoms with Gasteiger partial charge in [-0.2, -0.15) is 0 Å². The van der Waals surface area contributed by atoms with Crippen LogP contribution in [0.15, 0.2) is 61.1 Å². The minimum atomic E-state index is -0.779. The Morgan fingerprint density at radius 2 is 1.28 bits per heavy atom. The summed E-state index contributed by atoms with van der Waals surface area (Å²) in [6, 6.07) is 5.97. The molecule has 2 rings (SSSR count). The molecule has 1 aromatic carbocycles. The van der Waals surface area contributed by atoms with Gasteiger partial charge < -0.3 is 28.3 Å². The third-order valence-electron chi connectivity index (χ3n) is 4.80. The first-order valence-electron chi connectivity index (χ1n) is 11.8. The molecule has 39 heavy (non-hydrogen) atoms. The fourth-order valence-corrected chi connectivity index (χ4v) is 2.83. The van der Waals surface area contributed by atoms with Gasteiger partial charge in [0.1, 0.15) is 33.0 Å². The third-order valence-corrected chi connectivity index (χ3v) is 4.80. The summed E-state index contributed by atoms with van der Waals surface area (Å²) < 4.78 is 26.7. The largest absolute Gasteiger partial charge is 0.462 e. The summed E-state index contributed by atoms with van der Waals surface area (Å²) in [5.41, 5.74) is 0.885. The van der Waals surface area contributed by atoms with Gasteiger partial charge in [-0.1, -0.05) is 25.3 Å². The summed E-state index contributed by atoms with van der Waals surface area (Å²) in [7, 11) is 0. The Balaban J connectivity index is 1.78. The number of rotatable bonds is 15. The molecule has 0 aliphatic rings. The number of ether oxygens (including phenoxy) is 5. The minimum absolute atomic E-state index is 0.00228. The van der Waals surface area contributed by atoms with Crippen molar-refractivity contribution in [1.82, 2.24) is 9.55 Å². The number of esters is 5. The first-order chi connectivity index (χ1) is 18.6. The van der Waals surface area contributed by atoms with Crippen LogP contribution in [0, 0.1) is 0 Å². The highest BCUT2D eigenvalue weighted by Gasteiger charge is 2.19. The van der Waals surface area contributed by atoms with E-state index in [0.717, 1.165) is 0 Å². The summed E-state index contributed by atoms with van der Waals surface area (Å²) in [6.07, 6.45) is 3.12. The maximum Gasteiger partial charge on any atom is 0.339 e. The predicted octanol–water partition coefficient (Wildman–Crippen LogP) is 2.57. The molecule has 0 fully saturated rings. The molecule has 0 spiro atoms. The monoisotopic (exact) mass is 542 g/mol. The zero-order valence-corrected chi connectivity index (χ0v) is 21.8. The Hall–Kier alpha value is -4.74. The first kappa shape index (κ1) is 30.5. The lowest BCUT2D eigenvalue weighted by molar-refractivity contribution is -0.150. The van der Waals surface area contributed by atoms with E-state index in [2.05, 4.69) is 18.1 Å². The fraction of sp³-hybridized carbons (Fsp3) is 0.333. The molecule has 0 saturated carbocycles. The Bertz CT molecular complexity index is 1230. The van der Waals surface area contributed by atoms with Crippen molar-refractivity contribution >= 4 is 29.8 Å². The highest BCUT2D eigenvalue weighted by atomic mass is 16.6. The predicted molar refractivity (Wildman–Crippen MR) is 135 cm³/mol. The molecule has 208 valence electrons. The van der Waals surface area contributed by atoms with Gasteiger partial charge in [-0.15, -0.1) is 0 Å². The van der Waals surface area contributed by atoms with Crippen LogP contribution in [-0.4, -0.2) is 65.8 Å². The molecule has 0 aliphatic carbocycles. The number of carbonyl (C=O) groups excluding carboxylic acids is 5. The molecule has 0 unspecified atom stereocenters. The molecule has 1 heterocycles. The van der Waals surface area contributed by atoms with Gasteiger partial charge in [0.15, 0.2) is 0 Å². The maximum atomic E-state index is 12.6. The smallest absolute Gasteiger partial charge is 0.339 e. The van der Waals surface area contributed by atoms with Crippen LogP contribution >= 0.6 is 0 Å². The van der Waals surface area contributed by atoms with Gasteiger partial charge in [-0.25, -0.2) is 24.2 Å². The van der Waals surface area contributed by atoms with E-state index in [4.69, 9.17) is 23.7 Å². The second kappa shape index (κ2) is 15.5. The van der Waals surface area contributed by atoms with E-state index in [-0.39, 0.29) is 68.3 Å². The number of nitrogens with zero attached hydrogens (tertiary/aromatic N) is 2. The second-order valence-electron chi connectivity index (χ2n) is 8.16. The number of benzene rings is 1. The summed E-state index contributed by atoms with van der Waals surface area (Å²) in [4.78, 5) is 63.7. The average Bonchev–Trinajstić information content (AvgIpc) is 3.38. The van der Waals surface area contributed by atoms with E-state index in [0.29, 0.717) is 5.69 Å². The van der Waals surface area contributed by atoms with Crippen LogP contribution in [0.4, 0.5) is 0 Å². The molecule has 12 nitrogen and oxygen atoms in total. The number of aryl methyl sites for hydroxylation is 1. The molecule has 0 aliphatic heterocycles. The number of carbonyl (C=O) groups is 5. The summed E-state index contributed by atoms with van der Waals surface area (Å²) in [5, 5.41) is 0. The van der Waals surface area contributed by atoms with Gasteiger partial charge in [0.2, 0.25) is 0 Å². The first-order valence-corrected chi connectivity index (χ1v) is 11.8. The minimum Gasteiger partial charge on any atom is -0.462 e. The number of hydrogen-bond acceptors (Lipinski definition) is 11. The van der Waals surface area contributed by atoms with Gasteiger partial charge in [0, 0.05) is 23.9 Å². The van der Waals surface area contributed by atoms with E-state index < -0.39 is 29.8 Å². The molecular weight excluding hydrogens is 512 g/mol. The molecule has 0 bridgehead atoms. The zero-order chi connectivity index (χ0) is 28.8. The molecule has 0 radical (unpaired) electrons. The molecule has 12 heteroatoms. The lowest BCUT2D eigenvalue weighted by Gasteiger charge is -2.10. The van der Waals surface area contributed by atoms with Gasteiger partial charge in [-0.3, -0.25) is 4.79 Å². The maximum absolute atomic E-state index is 12.6. The number of aromatic nitrogens is 2. The number of imidazole rings is 1.